The Labute approximate surface area is 170 Å². The molecule has 142 valence electrons. The Hall–Kier alpha value is -3.79. The van der Waals surface area contributed by atoms with Crippen molar-refractivity contribution < 1.29 is 19.0 Å². The average molecular weight is 382 g/mol. The number of pyridine rings is 2. The van der Waals surface area contributed by atoms with E-state index in [0.717, 1.165) is 28.1 Å². The summed E-state index contributed by atoms with van der Waals surface area (Å²) >= 11 is 0. The molecule has 2 aromatic carbocycles. The van der Waals surface area contributed by atoms with Gasteiger partial charge in [-0.15, -0.1) is 0 Å². The van der Waals surface area contributed by atoms with E-state index in [9.17, 15) is 4.79 Å². The smallest absolute Gasteiger partial charge is 0.307 e. The Morgan fingerprint density at radius 3 is 1.52 bits per heavy atom. The van der Waals surface area contributed by atoms with E-state index in [-0.39, 0.29) is 6.42 Å². The van der Waals surface area contributed by atoms with Crippen molar-refractivity contribution in [3.05, 3.63) is 109 Å². The van der Waals surface area contributed by atoms with Crippen LogP contribution in [0.15, 0.2) is 97.6 Å². The first kappa shape index (κ1) is 18.6. The molecule has 0 aliphatic carbocycles. The third-order valence-corrected chi connectivity index (χ3v) is 4.91. The molecule has 0 unspecified atom stereocenters. The van der Waals surface area contributed by atoms with Crippen LogP contribution in [0.1, 0.15) is 11.1 Å². The lowest BCUT2D eigenvalue weighted by Crippen LogP contribution is -2.29. The molecule has 0 amide bonds. The molecule has 0 aliphatic heterocycles. The second-order valence-corrected chi connectivity index (χ2v) is 7.06. The standard InChI is InChI=1S/C25H21N2O2/c1-19-2-6-23(7-3-19)26-14-10-21(11-15-26)22-12-16-27(17-13-22)24-8-4-20(5-9-24)18-25(28)29/h2-17H,18H2,1H3/q+1/p+1. The summed E-state index contributed by atoms with van der Waals surface area (Å²) in [6.07, 6.45) is 8.22. The maximum atomic E-state index is 10.8. The molecule has 0 spiro atoms. The number of hydrogen-bond acceptors (Lipinski definition) is 1. The third kappa shape index (κ3) is 4.38. The first-order valence-electron chi connectivity index (χ1n) is 9.50. The zero-order valence-corrected chi connectivity index (χ0v) is 16.2. The monoisotopic (exact) mass is 382 g/mol. The number of carboxylic acid groups (broad SMARTS) is 1. The highest BCUT2D eigenvalue weighted by atomic mass is 16.4. The molecule has 4 rings (SSSR count). The molecule has 0 atom stereocenters. The van der Waals surface area contributed by atoms with Gasteiger partial charge in [-0.25, -0.2) is 0 Å². The zero-order valence-electron chi connectivity index (χ0n) is 16.2. The molecule has 2 heterocycles. The number of carbonyl (C=O) groups is 1. The number of aliphatic carboxylic acids is 1. The van der Waals surface area contributed by atoms with Gasteiger partial charge in [-0.05, 0) is 23.6 Å². The molecule has 29 heavy (non-hydrogen) atoms. The van der Waals surface area contributed by atoms with Gasteiger partial charge in [-0.2, -0.15) is 9.13 Å². The van der Waals surface area contributed by atoms with Gasteiger partial charge in [0.2, 0.25) is 11.4 Å². The first-order valence-corrected chi connectivity index (χ1v) is 9.50. The van der Waals surface area contributed by atoms with Gasteiger partial charge >= 0.3 is 5.97 Å². The van der Waals surface area contributed by atoms with Crippen LogP contribution in [0.2, 0.25) is 0 Å². The summed E-state index contributed by atoms with van der Waals surface area (Å²) in [6.45, 7) is 2.09. The van der Waals surface area contributed by atoms with E-state index in [2.05, 4.69) is 72.4 Å². The van der Waals surface area contributed by atoms with Crippen LogP contribution >= 0.6 is 0 Å². The minimum Gasteiger partial charge on any atom is -0.481 e. The number of carboxylic acids is 1. The summed E-state index contributed by atoms with van der Waals surface area (Å²) in [7, 11) is 0. The molecule has 0 radical (unpaired) electrons. The SMILES string of the molecule is Cc1ccc(-[n+]2ccc(-c3cc[n+](-c4ccc(CC(=O)O)cc4)cc3)cc2)cc1. The summed E-state index contributed by atoms with van der Waals surface area (Å²) in [5.74, 6) is -0.818. The number of benzene rings is 2. The van der Waals surface area contributed by atoms with Crippen molar-refractivity contribution >= 4 is 5.97 Å². The van der Waals surface area contributed by atoms with Crippen LogP contribution in [-0.4, -0.2) is 11.1 Å². The summed E-state index contributed by atoms with van der Waals surface area (Å²) < 4.78 is 4.12. The van der Waals surface area contributed by atoms with Gasteiger partial charge in [0, 0.05) is 48.5 Å². The average Bonchev–Trinajstić information content (AvgIpc) is 2.75. The lowest BCUT2D eigenvalue weighted by Gasteiger charge is -2.02. The molecule has 4 nitrogen and oxygen atoms in total. The van der Waals surface area contributed by atoms with E-state index >= 15 is 0 Å². The van der Waals surface area contributed by atoms with E-state index in [1.54, 1.807) is 0 Å². The molecule has 2 aromatic heterocycles. The van der Waals surface area contributed by atoms with E-state index in [0.29, 0.717) is 0 Å². The van der Waals surface area contributed by atoms with Crippen molar-refractivity contribution in [1.82, 2.24) is 0 Å². The van der Waals surface area contributed by atoms with Gasteiger partial charge in [-0.3, -0.25) is 4.79 Å². The fourth-order valence-electron chi connectivity index (χ4n) is 3.26. The Balaban J connectivity index is 1.51. The second kappa shape index (κ2) is 8.07. The van der Waals surface area contributed by atoms with Gasteiger partial charge in [0.1, 0.15) is 0 Å². The van der Waals surface area contributed by atoms with Crippen LogP contribution in [0.4, 0.5) is 0 Å². The lowest BCUT2D eigenvalue weighted by atomic mass is 10.1. The number of hydrogen-bond donors (Lipinski definition) is 1. The number of nitrogens with zero attached hydrogens (tertiary/aromatic N) is 2. The molecule has 4 heteroatoms. The molecule has 4 aromatic rings. The Morgan fingerprint density at radius 1 is 0.690 bits per heavy atom. The molecule has 1 N–H and O–H groups in total. The van der Waals surface area contributed by atoms with Crippen LogP contribution in [0.25, 0.3) is 22.5 Å². The van der Waals surface area contributed by atoms with Crippen LogP contribution < -0.4 is 9.13 Å². The van der Waals surface area contributed by atoms with Crippen molar-refractivity contribution in [2.45, 2.75) is 13.3 Å². The number of rotatable bonds is 5. The van der Waals surface area contributed by atoms with Crippen molar-refractivity contribution in [3.63, 3.8) is 0 Å². The molecular weight excluding hydrogens is 360 g/mol. The summed E-state index contributed by atoms with van der Waals surface area (Å²) in [5.41, 5.74) is 6.47. The van der Waals surface area contributed by atoms with E-state index in [1.165, 1.54) is 5.56 Å². The van der Waals surface area contributed by atoms with E-state index < -0.39 is 5.97 Å². The lowest BCUT2D eigenvalue weighted by molar-refractivity contribution is -0.596. The number of aromatic nitrogens is 2. The van der Waals surface area contributed by atoms with E-state index in [4.69, 9.17) is 5.11 Å². The third-order valence-electron chi connectivity index (χ3n) is 4.91. The maximum Gasteiger partial charge on any atom is 0.307 e. The molecule has 0 aliphatic rings. The fraction of sp³-hybridized carbons (Fsp3) is 0.0800. The topological polar surface area (TPSA) is 45.1 Å². The van der Waals surface area contributed by atoms with Crippen LogP contribution in [-0.2, 0) is 11.2 Å². The van der Waals surface area contributed by atoms with Gasteiger partial charge < -0.3 is 5.11 Å². The molecule has 0 bridgehead atoms. The highest BCUT2D eigenvalue weighted by Crippen LogP contribution is 2.17. The number of aryl methyl sites for hydroxylation is 1. The maximum absolute atomic E-state index is 10.8. The van der Waals surface area contributed by atoms with Crippen molar-refractivity contribution in [1.29, 1.82) is 0 Å². The molecule has 0 fully saturated rings. The first-order chi connectivity index (χ1) is 14.1. The van der Waals surface area contributed by atoms with Gasteiger partial charge in [0.05, 0.1) is 6.42 Å². The molecule has 0 saturated carbocycles. The summed E-state index contributed by atoms with van der Waals surface area (Å²) in [6, 6.07) is 24.4. The zero-order chi connectivity index (χ0) is 20.2. The Bertz CT molecular complexity index is 1120. The highest BCUT2D eigenvalue weighted by molar-refractivity contribution is 5.70. The summed E-state index contributed by atoms with van der Waals surface area (Å²) in [5, 5.41) is 8.88. The fourth-order valence-corrected chi connectivity index (χ4v) is 3.26. The van der Waals surface area contributed by atoms with Crippen LogP contribution in [0, 0.1) is 6.92 Å². The molecule has 0 saturated heterocycles. The largest absolute Gasteiger partial charge is 0.481 e. The van der Waals surface area contributed by atoms with E-state index in [1.807, 2.05) is 41.2 Å². The second-order valence-electron chi connectivity index (χ2n) is 7.06. The highest BCUT2D eigenvalue weighted by Gasteiger charge is 2.10. The van der Waals surface area contributed by atoms with Gasteiger partial charge in [0.15, 0.2) is 24.8 Å². The van der Waals surface area contributed by atoms with Crippen LogP contribution in [0.3, 0.4) is 0 Å². The Morgan fingerprint density at radius 2 is 1.10 bits per heavy atom. The van der Waals surface area contributed by atoms with Crippen molar-refractivity contribution in [3.8, 4) is 22.5 Å². The van der Waals surface area contributed by atoms with Gasteiger partial charge in [-0.1, -0.05) is 29.8 Å². The van der Waals surface area contributed by atoms with Crippen molar-refractivity contribution in [2.75, 3.05) is 0 Å². The quantitative estimate of drug-likeness (QED) is 0.533. The van der Waals surface area contributed by atoms with Gasteiger partial charge in [0.25, 0.3) is 0 Å². The minimum absolute atomic E-state index is 0.0421. The predicted octanol–water partition coefficient (Wildman–Crippen LogP) is 3.84. The Kier molecular flexibility index (Phi) is 5.16. The molecular formula is C25H22N2O2+2. The minimum atomic E-state index is -0.818. The van der Waals surface area contributed by atoms with Crippen LogP contribution in [0.5, 0.6) is 0 Å². The van der Waals surface area contributed by atoms with Crippen molar-refractivity contribution in [2.24, 2.45) is 0 Å². The summed E-state index contributed by atoms with van der Waals surface area (Å²) in [4.78, 5) is 10.8. The predicted molar refractivity (Wildman–Crippen MR) is 111 cm³/mol. The normalized spacial score (nSPS) is 10.7.